The fourth-order valence-electron chi connectivity index (χ4n) is 7.00. The van der Waals surface area contributed by atoms with E-state index in [4.69, 9.17) is 18.6 Å². The van der Waals surface area contributed by atoms with Gasteiger partial charge in [0.1, 0.15) is 22.7 Å². The Kier molecular flexibility index (Phi) is 2.28. The van der Waals surface area contributed by atoms with Gasteiger partial charge in [0.05, 0.1) is 24.0 Å². The number of cyclic esters (lactones) is 1. The zero-order chi connectivity index (χ0) is 18.2. The number of hydrogen-bond acceptors (Lipinski definition) is 6. The molecule has 3 saturated heterocycles. The minimum Gasteiger partial charge on any atom is -0.472 e. The number of ether oxygens (including phenoxy) is 3. The number of esters is 2. The maximum Gasteiger partial charge on any atom is 0.320 e. The van der Waals surface area contributed by atoms with Crippen molar-refractivity contribution in [2.24, 2.45) is 16.2 Å². The van der Waals surface area contributed by atoms with Gasteiger partial charge in [-0.05, 0) is 39.2 Å². The summed E-state index contributed by atoms with van der Waals surface area (Å²) in [4.78, 5) is 26.3. The number of epoxide rings is 1. The molecule has 6 heteroatoms. The van der Waals surface area contributed by atoms with Crippen LogP contribution in [0.3, 0.4) is 0 Å². The van der Waals surface area contributed by atoms with Gasteiger partial charge in [-0.15, -0.1) is 0 Å². The number of furan rings is 1. The molecule has 0 unspecified atom stereocenters. The van der Waals surface area contributed by atoms with Gasteiger partial charge in [0, 0.05) is 17.4 Å². The molecule has 0 amide bonds. The van der Waals surface area contributed by atoms with Gasteiger partial charge in [-0.3, -0.25) is 9.59 Å². The van der Waals surface area contributed by atoms with E-state index in [1.165, 1.54) is 0 Å². The first-order valence-corrected chi connectivity index (χ1v) is 9.39. The molecule has 1 spiro atoms. The molecule has 5 fully saturated rings. The molecule has 0 N–H and O–H groups in total. The van der Waals surface area contributed by atoms with Gasteiger partial charge in [0.2, 0.25) is 0 Å². The van der Waals surface area contributed by atoms with Crippen LogP contribution in [0.1, 0.15) is 58.1 Å². The van der Waals surface area contributed by atoms with Crippen molar-refractivity contribution >= 4 is 11.9 Å². The predicted octanol–water partition coefficient (Wildman–Crippen LogP) is 2.92. The van der Waals surface area contributed by atoms with Gasteiger partial charge in [-0.25, -0.2) is 0 Å². The standard InChI is InChI=1S/C20H22O6/c1-16-5-6-20(26-14(16)21)17(16,2)9-13-18(3,25-13)19(20)8-12(24-15(19)22)11-4-7-23-10-11/h4,7,10,12-13H,5-6,8-9H2,1-3H3/t12-,13+,16+,17-,18+,19-,20+/m1/s1. The van der Waals surface area contributed by atoms with Crippen LogP contribution in [-0.2, 0) is 23.8 Å². The Hall–Kier alpha value is -1.82. The van der Waals surface area contributed by atoms with E-state index in [0.29, 0.717) is 12.8 Å². The quantitative estimate of drug-likeness (QED) is 0.567. The Morgan fingerprint density at radius 1 is 1.08 bits per heavy atom. The van der Waals surface area contributed by atoms with Crippen LogP contribution in [0.4, 0.5) is 0 Å². The molecule has 2 bridgehead atoms. The number of carbonyl (C=O) groups excluding carboxylic acids is 2. The second-order valence-corrected chi connectivity index (χ2v) is 9.36. The lowest BCUT2D eigenvalue weighted by Gasteiger charge is -2.53. The average molecular weight is 358 g/mol. The normalized spacial score (nSPS) is 56.3. The van der Waals surface area contributed by atoms with Gasteiger partial charge >= 0.3 is 11.9 Å². The van der Waals surface area contributed by atoms with Gasteiger partial charge in [-0.2, -0.15) is 0 Å². The van der Waals surface area contributed by atoms with Crippen molar-refractivity contribution in [2.75, 3.05) is 0 Å². The van der Waals surface area contributed by atoms with Gasteiger partial charge in [-0.1, -0.05) is 6.92 Å². The summed E-state index contributed by atoms with van der Waals surface area (Å²) in [5.41, 5.74) is -2.63. The van der Waals surface area contributed by atoms with Crippen LogP contribution in [0.25, 0.3) is 0 Å². The topological polar surface area (TPSA) is 78.3 Å². The maximum absolute atomic E-state index is 13.5. The van der Waals surface area contributed by atoms with Crippen molar-refractivity contribution in [2.45, 2.75) is 69.9 Å². The second kappa shape index (κ2) is 3.88. The lowest BCUT2D eigenvalue weighted by Crippen LogP contribution is -2.67. The van der Waals surface area contributed by atoms with Crippen LogP contribution in [0.15, 0.2) is 23.0 Å². The summed E-state index contributed by atoms with van der Waals surface area (Å²) in [6.45, 7) is 6.11. The molecule has 3 aliphatic heterocycles. The Balaban J connectivity index is 1.57. The maximum atomic E-state index is 13.5. The van der Waals surface area contributed by atoms with E-state index in [9.17, 15) is 9.59 Å². The molecule has 1 aromatic rings. The first-order chi connectivity index (χ1) is 12.2. The largest absolute Gasteiger partial charge is 0.472 e. The smallest absolute Gasteiger partial charge is 0.320 e. The molecule has 5 aliphatic rings. The monoisotopic (exact) mass is 358 g/mol. The van der Waals surface area contributed by atoms with Crippen molar-refractivity contribution in [3.05, 3.63) is 24.2 Å². The predicted molar refractivity (Wildman–Crippen MR) is 86.8 cm³/mol. The molecule has 0 radical (unpaired) electrons. The van der Waals surface area contributed by atoms with Crippen molar-refractivity contribution in [3.63, 3.8) is 0 Å². The van der Waals surface area contributed by atoms with Crippen molar-refractivity contribution in [1.29, 1.82) is 0 Å². The fraction of sp³-hybridized carbons (Fsp3) is 0.700. The van der Waals surface area contributed by atoms with Crippen LogP contribution >= 0.6 is 0 Å². The first kappa shape index (κ1) is 15.3. The molecule has 6 rings (SSSR count). The van der Waals surface area contributed by atoms with Crippen molar-refractivity contribution in [1.82, 2.24) is 0 Å². The molecule has 2 saturated carbocycles. The first-order valence-electron chi connectivity index (χ1n) is 9.39. The van der Waals surface area contributed by atoms with E-state index >= 15 is 0 Å². The van der Waals surface area contributed by atoms with E-state index in [-0.39, 0.29) is 18.0 Å². The Bertz CT molecular complexity index is 862. The molecule has 7 atom stereocenters. The average Bonchev–Trinajstić information content (AvgIpc) is 2.99. The summed E-state index contributed by atoms with van der Waals surface area (Å²) in [5.74, 6) is -0.464. The molecular weight excluding hydrogens is 336 g/mol. The van der Waals surface area contributed by atoms with Crippen molar-refractivity contribution < 1.29 is 28.2 Å². The zero-order valence-electron chi connectivity index (χ0n) is 15.2. The second-order valence-electron chi connectivity index (χ2n) is 9.36. The number of rotatable bonds is 1. The Morgan fingerprint density at radius 3 is 2.58 bits per heavy atom. The number of fused-ring (bicyclic) bond motifs is 2. The lowest BCUT2D eigenvalue weighted by molar-refractivity contribution is -0.200. The Morgan fingerprint density at radius 2 is 1.88 bits per heavy atom. The van der Waals surface area contributed by atoms with Crippen LogP contribution in [0.5, 0.6) is 0 Å². The van der Waals surface area contributed by atoms with Gasteiger partial charge in [0.15, 0.2) is 0 Å². The molecular formula is C20H22O6. The lowest BCUT2D eigenvalue weighted by atomic mass is 9.46. The molecule has 1 aromatic heterocycles. The van der Waals surface area contributed by atoms with E-state index in [0.717, 1.165) is 18.4 Å². The summed E-state index contributed by atoms with van der Waals surface area (Å²) in [5, 5.41) is 0. The zero-order valence-corrected chi connectivity index (χ0v) is 15.2. The SMILES string of the molecule is C[C@]12C[C@@H]3O[C@]3(C)[C@]3(C[C@H](c4ccoc4)OC3=O)[C@]13CC[C@@]2(C)C(=O)O3. The number of hydrogen-bond donors (Lipinski definition) is 0. The number of carbonyl (C=O) groups is 2. The van der Waals surface area contributed by atoms with Gasteiger partial charge in [0.25, 0.3) is 0 Å². The van der Waals surface area contributed by atoms with Crippen LogP contribution in [0, 0.1) is 16.2 Å². The minimum atomic E-state index is -0.969. The molecule has 2 aliphatic carbocycles. The van der Waals surface area contributed by atoms with E-state index in [2.05, 4.69) is 6.92 Å². The molecule has 4 heterocycles. The highest BCUT2D eigenvalue weighted by molar-refractivity contribution is 5.90. The summed E-state index contributed by atoms with van der Waals surface area (Å²) >= 11 is 0. The summed E-state index contributed by atoms with van der Waals surface area (Å²) in [7, 11) is 0. The minimum absolute atomic E-state index is 0.0387. The summed E-state index contributed by atoms with van der Waals surface area (Å²) in [6.07, 6.45) is 5.39. The third kappa shape index (κ3) is 1.17. The van der Waals surface area contributed by atoms with E-state index < -0.39 is 33.6 Å². The summed E-state index contributed by atoms with van der Waals surface area (Å²) < 4.78 is 23.4. The molecule has 138 valence electrons. The Labute approximate surface area is 151 Å². The molecule has 6 nitrogen and oxygen atoms in total. The fourth-order valence-corrected chi connectivity index (χ4v) is 7.00. The highest BCUT2D eigenvalue weighted by Gasteiger charge is 2.93. The van der Waals surface area contributed by atoms with Crippen LogP contribution in [0.2, 0.25) is 0 Å². The summed E-state index contributed by atoms with van der Waals surface area (Å²) in [6, 6.07) is 1.82. The third-order valence-corrected chi connectivity index (χ3v) is 8.88. The molecule has 26 heavy (non-hydrogen) atoms. The highest BCUT2D eigenvalue weighted by atomic mass is 16.6. The van der Waals surface area contributed by atoms with E-state index in [1.54, 1.807) is 12.5 Å². The van der Waals surface area contributed by atoms with Crippen LogP contribution < -0.4 is 0 Å². The van der Waals surface area contributed by atoms with E-state index in [1.807, 2.05) is 19.9 Å². The van der Waals surface area contributed by atoms with Crippen molar-refractivity contribution in [3.8, 4) is 0 Å². The van der Waals surface area contributed by atoms with Gasteiger partial charge < -0.3 is 18.6 Å². The highest BCUT2D eigenvalue weighted by Crippen LogP contribution is 2.82. The van der Waals surface area contributed by atoms with Crippen LogP contribution in [-0.4, -0.2) is 29.2 Å². The molecule has 0 aromatic carbocycles. The third-order valence-electron chi connectivity index (χ3n) is 8.88.